The lowest BCUT2D eigenvalue weighted by atomic mass is 9.52. The molecular weight excluding hydrogens is 488 g/mol. The number of aliphatic hydroxyl groups is 7. The maximum absolute atomic E-state index is 11.2. The molecule has 0 radical (unpaired) electrons. The third-order valence-corrected chi connectivity index (χ3v) is 9.68. The molecule has 12 atom stereocenters. The minimum absolute atomic E-state index is 0.0721. The molecule has 11 nitrogen and oxygen atoms in total. The van der Waals surface area contributed by atoms with Crippen molar-refractivity contribution < 1.29 is 54.7 Å². The van der Waals surface area contributed by atoms with Gasteiger partial charge in [0.1, 0.15) is 36.1 Å². The number of aliphatic hydroxyl groups excluding tert-OH is 5. The molecule has 0 aromatic rings. The zero-order valence-corrected chi connectivity index (χ0v) is 22.3. The summed E-state index contributed by atoms with van der Waals surface area (Å²) < 4.78 is 22.8. The SMILES string of the molecule is CC(C)(O[C@@H]1O[C@H](CO[C@@H]2OC[C@](O)(CO)[C@H]2O)[C@@H](O)[C@H](O)[C@H]1O)[C@@H]1CC[C@@]2(C)CCC[C@@](C)(O)C2C1. The van der Waals surface area contributed by atoms with Crippen molar-refractivity contribution in [2.45, 2.75) is 126 Å². The van der Waals surface area contributed by atoms with E-state index in [0.717, 1.165) is 38.5 Å². The summed E-state index contributed by atoms with van der Waals surface area (Å²) in [7, 11) is 0. The molecule has 2 saturated heterocycles. The van der Waals surface area contributed by atoms with Gasteiger partial charge >= 0.3 is 0 Å². The number of fused-ring (bicyclic) bond motifs is 1. The van der Waals surface area contributed by atoms with Crippen LogP contribution in [0.4, 0.5) is 0 Å². The summed E-state index contributed by atoms with van der Waals surface area (Å²) in [5, 5.41) is 72.4. The van der Waals surface area contributed by atoms with Gasteiger partial charge in [-0.1, -0.05) is 13.3 Å². The molecule has 2 aliphatic carbocycles. The van der Waals surface area contributed by atoms with E-state index in [9.17, 15) is 35.7 Å². The van der Waals surface area contributed by atoms with Gasteiger partial charge in [-0.2, -0.15) is 0 Å². The fraction of sp³-hybridized carbons (Fsp3) is 1.00. The van der Waals surface area contributed by atoms with Crippen LogP contribution < -0.4 is 0 Å². The molecule has 1 unspecified atom stereocenters. The van der Waals surface area contributed by atoms with Crippen LogP contribution in [-0.4, -0.2) is 115 Å². The lowest BCUT2D eigenvalue weighted by Gasteiger charge is -2.56. The van der Waals surface area contributed by atoms with E-state index in [1.807, 2.05) is 20.8 Å². The van der Waals surface area contributed by atoms with Crippen molar-refractivity contribution in [2.75, 3.05) is 19.8 Å². The molecule has 4 aliphatic rings. The Hall–Kier alpha value is -0.440. The van der Waals surface area contributed by atoms with Crippen molar-refractivity contribution in [1.82, 2.24) is 0 Å². The summed E-state index contributed by atoms with van der Waals surface area (Å²) in [6, 6.07) is 0. The van der Waals surface area contributed by atoms with Crippen molar-refractivity contribution in [3.8, 4) is 0 Å². The Kier molecular flexibility index (Phi) is 8.39. The molecule has 7 N–H and O–H groups in total. The van der Waals surface area contributed by atoms with E-state index >= 15 is 0 Å². The van der Waals surface area contributed by atoms with Gasteiger partial charge in [0.15, 0.2) is 12.6 Å². The fourth-order valence-electron chi connectivity index (χ4n) is 7.00. The zero-order valence-electron chi connectivity index (χ0n) is 22.3. The van der Waals surface area contributed by atoms with Gasteiger partial charge in [0.2, 0.25) is 0 Å². The van der Waals surface area contributed by atoms with E-state index in [0.29, 0.717) is 0 Å². The first-order valence-electron chi connectivity index (χ1n) is 13.5. The van der Waals surface area contributed by atoms with E-state index < -0.39 is 66.5 Å². The second-order valence-electron chi connectivity index (χ2n) is 12.8. The van der Waals surface area contributed by atoms with Crippen molar-refractivity contribution in [2.24, 2.45) is 17.3 Å². The van der Waals surface area contributed by atoms with Crippen LogP contribution in [0.1, 0.15) is 66.2 Å². The van der Waals surface area contributed by atoms with E-state index in [1.54, 1.807) is 0 Å². The smallest absolute Gasteiger partial charge is 0.187 e. The van der Waals surface area contributed by atoms with Gasteiger partial charge in [0, 0.05) is 0 Å². The van der Waals surface area contributed by atoms with Crippen molar-refractivity contribution in [3.63, 3.8) is 0 Å². The topological polar surface area (TPSA) is 179 Å². The average molecular weight is 535 g/mol. The van der Waals surface area contributed by atoms with Gasteiger partial charge in [-0.15, -0.1) is 0 Å². The van der Waals surface area contributed by atoms with Gasteiger partial charge in [-0.3, -0.25) is 0 Å². The Morgan fingerprint density at radius 3 is 2.30 bits per heavy atom. The quantitative estimate of drug-likeness (QED) is 0.222. The van der Waals surface area contributed by atoms with Crippen LogP contribution in [0.15, 0.2) is 0 Å². The predicted octanol–water partition coefficient (Wildman–Crippen LogP) is -0.596. The lowest BCUT2D eigenvalue weighted by Crippen LogP contribution is -2.61. The largest absolute Gasteiger partial charge is 0.393 e. The first-order valence-corrected chi connectivity index (χ1v) is 13.5. The van der Waals surface area contributed by atoms with Crippen LogP contribution in [0.2, 0.25) is 0 Å². The molecule has 0 aromatic carbocycles. The van der Waals surface area contributed by atoms with E-state index in [2.05, 4.69) is 6.92 Å². The Morgan fingerprint density at radius 1 is 0.946 bits per heavy atom. The summed E-state index contributed by atoms with van der Waals surface area (Å²) in [4.78, 5) is 0. The van der Waals surface area contributed by atoms with Crippen molar-refractivity contribution in [3.05, 3.63) is 0 Å². The van der Waals surface area contributed by atoms with Gasteiger partial charge in [-0.25, -0.2) is 0 Å². The van der Waals surface area contributed by atoms with Crippen LogP contribution in [0.3, 0.4) is 0 Å². The van der Waals surface area contributed by atoms with Crippen LogP contribution >= 0.6 is 0 Å². The number of hydrogen-bond donors (Lipinski definition) is 7. The second-order valence-corrected chi connectivity index (χ2v) is 12.8. The molecule has 2 heterocycles. The fourth-order valence-corrected chi connectivity index (χ4v) is 7.00. The average Bonchev–Trinajstić information content (AvgIpc) is 3.12. The third kappa shape index (κ3) is 5.60. The maximum atomic E-state index is 11.2. The molecular formula is C26H46O11. The molecule has 11 heteroatoms. The maximum Gasteiger partial charge on any atom is 0.187 e. The third-order valence-electron chi connectivity index (χ3n) is 9.68. The summed E-state index contributed by atoms with van der Waals surface area (Å²) in [5.74, 6) is 0.194. The molecule has 0 amide bonds. The van der Waals surface area contributed by atoms with E-state index in [-0.39, 0.29) is 30.5 Å². The van der Waals surface area contributed by atoms with Gasteiger partial charge in [0.25, 0.3) is 0 Å². The summed E-state index contributed by atoms with van der Waals surface area (Å²) in [6.07, 6.45) is -4.26. The molecule has 4 fully saturated rings. The Bertz CT molecular complexity index is 792. The molecule has 0 aromatic heterocycles. The second kappa shape index (κ2) is 10.5. The first-order chi connectivity index (χ1) is 17.1. The normalized spacial score (nSPS) is 51.2. The van der Waals surface area contributed by atoms with Crippen LogP contribution in [0.5, 0.6) is 0 Å². The molecule has 0 spiro atoms. The van der Waals surface area contributed by atoms with Crippen LogP contribution in [-0.2, 0) is 18.9 Å². The monoisotopic (exact) mass is 534 g/mol. The zero-order chi connectivity index (χ0) is 27.4. The Labute approximate surface area is 218 Å². The predicted molar refractivity (Wildman–Crippen MR) is 129 cm³/mol. The van der Waals surface area contributed by atoms with Gasteiger partial charge in [0.05, 0.1) is 31.0 Å². The highest BCUT2D eigenvalue weighted by Crippen LogP contribution is 2.57. The number of rotatable bonds is 7. The van der Waals surface area contributed by atoms with Crippen LogP contribution in [0, 0.1) is 17.3 Å². The molecule has 2 saturated carbocycles. The minimum Gasteiger partial charge on any atom is -0.393 e. The summed E-state index contributed by atoms with van der Waals surface area (Å²) in [5.41, 5.74) is -3.30. The Balaban J connectivity index is 1.40. The molecule has 37 heavy (non-hydrogen) atoms. The lowest BCUT2D eigenvalue weighted by molar-refractivity contribution is -0.336. The summed E-state index contributed by atoms with van der Waals surface area (Å²) >= 11 is 0. The van der Waals surface area contributed by atoms with Crippen molar-refractivity contribution in [1.29, 1.82) is 0 Å². The standard InChI is InChI=1S/C26H46O11/c1-23(2,14-6-9-24(3)7-5-8-25(4,32)16(24)10-14)37-21-19(30)18(29)17(28)15(36-21)11-34-22-20(31)26(33,12-27)13-35-22/h14-22,27-33H,5-13H2,1-4H3/t14-,15-,16?,17-,18+,19-,20+,21+,22-,24-,25-,26-/m1/s1. The van der Waals surface area contributed by atoms with Gasteiger partial charge in [-0.05, 0) is 70.1 Å². The number of ether oxygens (including phenoxy) is 4. The number of hydrogen-bond acceptors (Lipinski definition) is 11. The van der Waals surface area contributed by atoms with Crippen LogP contribution in [0.25, 0.3) is 0 Å². The van der Waals surface area contributed by atoms with Crippen molar-refractivity contribution >= 4 is 0 Å². The first kappa shape index (κ1) is 29.5. The summed E-state index contributed by atoms with van der Waals surface area (Å²) in [6.45, 7) is 6.63. The van der Waals surface area contributed by atoms with E-state index in [1.165, 1.54) is 0 Å². The van der Waals surface area contributed by atoms with Gasteiger partial charge < -0.3 is 54.7 Å². The highest BCUT2D eigenvalue weighted by atomic mass is 16.7. The molecule has 0 bridgehead atoms. The molecule has 216 valence electrons. The highest BCUT2D eigenvalue weighted by Gasteiger charge is 2.55. The molecule has 4 rings (SSSR count). The minimum atomic E-state index is -1.86. The Morgan fingerprint density at radius 2 is 1.65 bits per heavy atom. The van der Waals surface area contributed by atoms with E-state index in [4.69, 9.17) is 18.9 Å². The molecule has 2 aliphatic heterocycles. The highest BCUT2D eigenvalue weighted by molar-refractivity contribution is 5.04.